The Morgan fingerprint density at radius 2 is 2.67 bits per heavy atom. The molecule has 0 spiro atoms. The minimum atomic E-state index is -0.618. The van der Waals surface area contributed by atoms with Crippen LogP contribution >= 0.6 is 0 Å². The molecule has 0 aliphatic carbocycles. The molecular formula is C4H4N2O3. The molecule has 9 heavy (non-hydrogen) atoms. The van der Waals surface area contributed by atoms with E-state index in [9.17, 15) is 4.79 Å². The molecule has 5 heteroatoms. The first-order valence-corrected chi connectivity index (χ1v) is 2.19. The summed E-state index contributed by atoms with van der Waals surface area (Å²) in [4.78, 5) is 13.9. The zero-order valence-electron chi connectivity index (χ0n) is 4.70. The van der Waals surface area contributed by atoms with Crippen LogP contribution in [0.5, 0.6) is 0 Å². The van der Waals surface area contributed by atoms with Crippen molar-refractivity contribution in [3.63, 3.8) is 0 Å². The SMILES string of the molecule is COC(=O)c1ncno1. The lowest BCUT2D eigenvalue weighted by molar-refractivity contribution is 0.0545. The Morgan fingerprint density at radius 3 is 3.11 bits per heavy atom. The van der Waals surface area contributed by atoms with Gasteiger partial charge in [0.2, 0.25) is 0 Å². The molecule has 48 valence electrons. The van der Waals surface area contributed by atoms with Crippen molar-refractivity contribution in [1.82, 2.24) is 10.1 Å². The summed E-state index contributed by atoms with van der Waals surface area (Å²) in [6.45, 7) is 0. The van der Waals surface area contributed by atoms with Crippen LogP contribution in [0.4, 0.5) is 0 Å². The van der Waals surface area contributed by atoms with Gasteiger partial charge in [-0.2, -0.15) is 4.98 Å². The van der Waals surface area contributed by atoms with Gasteiger partial charge >= 0.3 is 11.9 Å². The number of methoxy groups -OCH3 is 1. The number of ether oxygens (including phenoxy) is 1. The number of carbonyl (C=O) groups excluding carboxylic acids is 1. The summed E-state index contributed by atoms with van der Waals surface area (Å²) in [7, 11) is 1.24. The third kappa shape index (κ3) is 1.04. The largest absolute Gasteiger partial charge is 0.462 e. The van der Waals surface area contributed by atoms with Gasteiger partial charge in [-0.15, -0.1) is 0 Å². The van der Waals surface area contributed by atoms with Gasteiger partial charge in [0.05, 0.1) is 7.11 Å². The van der Waals surface area contributed by atoms with E-state index in [0.717, 1.165) is 6.33 Å². The Hall–Kier alpha value is -1.39. The molecule has 0 aliphatic rings. The summed E-state index contributed by atoms with van der Waals surface area (Å²) in [5, 5.41) is 3.20. The summed E-state index contributed by atoms with van der Waals surface area (Å²) >= 11 is 0. The van der Waals surface area contributed by atoms with E-state index in [2.05, 4.69) is 19.4 Å². The molecule has 1 aromatic heterocycles. The number of rotatable bonds is 1. The molecule has 0 N–H and O–H groups in total. The van der Waals surface area contributed by atoms with Gasteiger partial charge in [0, 0.05) is 0 Å². The number of esters is 1. The molecule has 0 radical (unpaired) electrons. The predicted molar refractivity (Wildman–Crippen MR) is 25.6 cm³/mol. The van der Waals surface area contributed by atoms with Crippen molar-refractivity contribution < 1.29 is 14.1 Å². The first kappa shape index (κ1) is 5.74. The molecular weight excluding hydrogens is 124 g/mol. The number of hydrogen-bond donors (Lipinski definition) is 0. The highest BCUT2D eigenvalue weighted by Gasteiger charge is 2.09. The summed E-state index contributed by atoms with van der Waals surface area (Å²) in [6.07, 6.45) is 1.13. The predicted octanol–water partition coefficient (Wildman–Crippen LogP) is -0.144. The van der Waals surface area contributed by atoms with Crippen molar-refractivity contribution in [2.75, 3.05) is 7.11 Å². The molecule has 1 aromatic rings. The van der Waals surface area contributed by atoms with E-state index >= 15 is 0 Å². The van der Waals surface area contributed by atoms with Gasteiger partial charge in [-0.3, -0.25) is 0 Å². The second-order valence-corrected chi connectivity index (χ2v) is 1.24. The average molecular weight is 128 g/mol. The van der Waals surface area contributed by atoms with Crippen molar-refractivity contribution in [3.05, 3.63) is 12.2 Å². The monoisotopic (exact) mass is 128 g/mol. The Balaban J connectivity index is 2.77. The lowest BCUT2D eigenvalue weighted by Gasteiger charge is -1.86. The molecule has 0 unspecified atom stereocenters. The van der Waals surface area contributed by atoms with Crippen LogP contribution in [0.25, 0.3) is 0 Å². The number of hydrogen-bond acceptors (Lipinski definition) is 5. The van der Waals surface area contributed by atoms with Gasteiger partial charge in [0.25, 0.3) is 0 Å². The Kier molecular flexibility index (Phi) is 1.44. The molecule has 1 rings (SSSR count). The molecule has 0 aliphatic heterocycles. The molecule has 0 fully saturated rings. The maximum Gasteiger partial charge on any atom is 0.397 e. The topological polar surface area (TPSA) is 65.2 Å². The van der Waals surface area contributed by atoms with Gasteiger partial charge in [0.1, 0.15) is 0 Å². The van der Waals surface area contributed by atoms with Crippen molar-refractivity contribution >= 4 is 5.97 Å². The highest BCUT2D eigenvalue weighted by atomic mass is 16.6. The van der Waals surface area contributed by atoms with Crippen LogP contribution in [0, 0.1) is 0 Å². The summed E-state index contributed by atoms with van der Waals surface area (Å²) in [5.41, 5.74) is 0. The standard InChI is InChI=1S/C4H4N2O3/c1-8-4(7)3-5-2-6-9-3/h2H,1H3. The van der Waals surface area contributed by atoms with Crippen LogP contribution in [-0.2, 0) is 4.74 Å². The first-order valence-electron chi connectivity index (χ1n) is 2.19. The van der Waals surface area contributed by atoms with E-state index in [0.29, 0.717) is 0 Å². The molecule has 0 saturated carbocycles. The van der Waals surface area contributed by atoms with E-state index in [4.69, 9.17) is 0 Å². The summed E-state index contributed by atoms with van der Waals surface area (Å²) in [6, 6.07) is 0. The van der Waals surface area contributed by atoms with Crippen LogP contribution in [0.1, 0.15) is 10.7 Å². The minimum Gasteiger partial charge on any atom is -0.462 e. The van der Waals surface area contributed by atoms with Crippen LogP contribution in [0.15, 0.2) is 10.9 Å². The quantitative estimate of drug-likeness (QED) is 0.492. The maximum absolute atomic E-state index is 10.5. The van der Waals surface area contributed by atoms with Crippen molar-refractivity contribution in [2.24, 2.45) is 0 Å². The minimum absolute atomic E-state index is 0.127. The Labute approximate surface area is 50.6 Å². The fourth-order valence-electron chi connectivity index (χ4n) is 0.350. The van der Waals surface area contributed by atoms with Crippen molar-refractivity contribution in [3.8, 4) is 0 Å². The average Bonchev–Trinajstić information content (AvgIpc) is 2.37. The molecule has 5 nitrogen and oxygen atoms in total. The Bertz CT molecular complexity index is 194. The zero-order chi connectivity index (χ0) is 6.69. The smallest absolute Gasteiger partial charge is 0.397 e. The number of nitrogens with zero attached hydrogens (tertiary/aromatic N) is 2. The van der Waals surface area contributed by atoms with Gasteiger partial charge in [-0.25, -0.2) is 4.79 Å². The van der Waals surface area contributed by atoms with Gasteiger partial charge in [0.15, 0.2) is 6.33 Å². The van der Waals surface area contributed by atoms with Crippen molar-refractivity contribution in [1.29, 1.82) is 0 Å². The van der Waals surface area contributed by atoms with Crippen LogP contribution in [-0.4, -0.2) is 23.2 Å². The third-order valence-electron chi connectivity index (χ3n) is 0.721. The fraction of sp³-hybridized carbons (Fsp3) is 0.250. The van der Waals surface area contributed by atoms with E-state index in [1.807, 2.05) is 0 Å². The molecule has 0 amide bonds. The van der Waals surface area contributed by atoms with Gasteiger partial charge < -0.3 is 9.26 Å². The molecule has 1 heterocycles. The van der Waals surface area contributed by atoms with E-state index < -0.39 is 5.97 Å². The lowest BCUT2D eigenvalue weighted by atomic mass is 10.7. The zero-order valence-corrected chi connectivity index (χ0v) is 4.70. The molecule has 0 bridgehead atoms. The molecule has 0 atom stereocenters. The summed E-state index contributed by atoms with van der Waals surface area (Å²) in [5.74, 6) is -0.745. The second kappa shape index (κ2) is 2.25. The van der Waals surface area contributed by atoms with E-state index in [1.165, 1.54) is 7.11 Å². The second-order valence-electron chi connectivity index (χ2n) is 1.24. The van der Waals surface area contributed by atoms with Crippen molar-refractivity contribution in [2.45, 2.75) is 0 Å². The lowest BCUT2D eigenvalue weighted by Crippen LogP contribution is -2.00. The van der Waals surface area contributed by atoms with E-state index in [-0.39, 0.29) is 5.89 Å². The number of carbonyl (C=O) groups is 1. The highest BCUT2D eigenvalue weighted by molar-refractivity contribution is 5.83. The molecule has 0 saturated heterocycles. The summed E-state index contributed by atoms with van der Waals surface area (Å²) < 4.78 is 8.61. The van der Waals surface area contributed by atoms with Crippen LogP contribution in [0.3, 0.4) is 0 Å². The van der Waals surface area contributed by atoms with Crippen LogP contribution < -0.4 is 0 Å². The normalized spacial score (nSPS) is 9.00. The van der Waals surface area contributed by atoms with Gasteiger partial charge in [-0.05, 0) is 0 Å². The van der Waals surface area contributed by atoms with Gasteiger partial charge in [-0.1, -0.05) is 5.16 Å². The molecule has 0 aromatic carbocycles. The maximum atomic E-state index is 10.5. The Morgan fingerprint density at radius 1 is 1.89 bits per heavy atom. The first-order chi connectivity index (χ1) is 4.34. The fourth-order valence-corrected chi connectivity index (χ4v) is 0.350. The third-order valence-corrected chi connectivity index (χ3v) is 0.721. The number of aromatic nitrogens is 2. The van der Waals surface area contributed by atoms with E-state index in [1.54, 1.807) is 0 Å². The van der Waals surface area contributed by atoms with Crippen LogP contribution in [0.2, 0.25) is 0 Å². The highest BCUT2D eigenvalue weighted by Crippen LogP contribution is 1.91.